The van der Waals surface area contributed by atoms with Crippen LogP contribution in [0.1, 0.15) is 57.9 Å². The van der Waals surface area contributed by atoms with Crippen LogP contribution >= 0.6 is 0 Å². The van der Waals surface area contributed by atoms with Gasteiger partial charge >= 0.3 is 0 Å². The number of hydrogen-bond acceptors (Lipinski definition) is 6. The summed E-state index contributed by atoms with van der Waals surface area (Å²) in [5.74, 6) is 1.54. The molecule has 3 aliphatic rings. The van der Waals surface area contributed by atoms with Crippen molar-refractivity contribution in [3.8, 4) is 0 Å². The first-order valence-electron chi connectivity index (χ1n) is 13.6. The second-order valence-electron chi connectivity index (χ2n) is 12.1. The van der Waals surface area contributed by atoms with Crippen LogP contribution in [-0.4, -0.2) is 81.0 Å². The first-order valence-corrected chi connectivity index (χ1v) is 15.5. The number of likely N-dealkylation sites (tertiary alicyclic amines) is 1. The van der Waals surface area contributed by atoms with E-state index in [1.807, 2.05) is 30.9 Å². The van der Waals surface area contributed by atoms with Crippen molar-refractivity contribution in [2.45, 2.75) is 69.9 Å². The highest BCUT2D eigenvalue weighted by Crippen LogP contribution is 2.35. The zero-order valence-corrected chi connectivity index (χ0v) is 23.0. The molecule has 2 heterocycles. The minimum Gasteiger partial charge on any atom is -0.391 e. The third-order valence-electron chi connectivity index (χ3n) is 8.33. The molecule has 0 unspecified atom stereocenters. The molecule has 1 aromatic carbocycles. The average Bonchev–Trinajstić information content (AvgIpc) is 3.63. The Morgan fingerprint density at radius 3 is 2.44 bits per heavy atom. The number of sulfone groups is 1. The lowest BCUT2D eigenvalue weighted by molar-refractivity contribution is -0.136. The summed E-state index contributed by atoms with van der Waals surface area (Å²) in [6, 6.07) is 7.20. The molecule has 1 aliphatic carbocycles. The Bertz CT molecular complexity index is 990. The van der Waals surface area contributed by atoms with Crippen LogP contribution in [0.3, 0.4) is 0 Å². The van der Waals surface area contributed by atoms with E-state index in [-0.39, 0.29) is 5.91 Å². The number of aliphatic hydroxyl groups is 1. The van der Waals surface area contributed by atoms with E-state index in [0.29, 0.717) is 48.8 Å². The van der Waals surface area contributed by atoms with Crippen molar-refractivity contribution in [1.29, 1.82) is 0 Å². The van der Waals surface area contributed by atoms with Crippen LogP contribution in [0, 0.1) is 23.2 Å². The lowest BCUT2D eigenvalue weighted by Crippen LogP contribution is -2.47. The van der Waals surface area contributed by atoms with Gasteiger partial charge in [0.2, 0.25) is 5.91 Å². The van der Waals surface area contributed by atoms with Crippen LogP contribution in [0.2, 0.25) is 0 Å². The van der Waals surface area contributed by atoms with Gasteiger partial charge in [-0.15, -0.1) is 0 Å². The van der Waals surface area contributed by atoms with E-state index in [1.165, 1.54) is 19.1 Å². The smallest absolute Gasteiger partial charge is 0.222 e. The summed E-state index contributed by atoms with van der Waals surface area (Å²) >= 11 is 0. The zero-order chi connectivity index (χ0) is 25.9. The summed E-state index contributed by atoms with van der Waals surface area (Å²) in [6.07, 6.45) is 6.49. The third-order valence-corrected chi connectivity index (χ3v) is 9.46. The summed E-state index contributed by atoms with van der Waals surface area (Å²) in [5, 5.41) is 11.0. The highest BCUT2D eigenvalue weighted by molar-refractivity contribution is 7.90. The Hall–Kier alpha value is -1.48. The van der Waals surface area contributed by atoms with E-state index >= 15 is 0 Å². The third kappa shape index (κ3) is 7.53. The van der Waals surface area contributed by atoms with Gasteiger partial charge in [-0.1, -0.05) is 26.0 Å². The molecule has 4 rings (SSSR count). The number of fused-ring (bicyclic) bond motifs is 1. The van der Waals surface area contributed by atoms with Gasteiger partial charge in [-0.3, -0.25) is 9.69 Å². The molecule has 0 aromatic heterocycles. The van der Waals surface area contributed by atoms with Gasteiger partial charge in [0.15, 0.2) is 9.84 Å². The fourth-order valence-electron chi connectivity index (χ4n) is 5.57. The van der Waals surface area contributed by atoms with Crippen molar-refractivity contribution in [1.82, 2.24) is 9.80 Å². The monoisotopic (exact) mass is 520 g/mol. The van der Waals surface area contributed by atoms with Gasteiger partial charge in [-0.05, 0) is 74.1 Å². The minimum absolute atomic E-state index is 0.191. The number of amides is 1. The molecule has 2 aliphatic heterocycles. The van der Waals surface area contributed by atoms with E-state index in [1.54, 1.807) is 12.1 Å². The summed E-state index contributed by atoms with van der Waals surface area (Å²) in [6.45, 7) is 9.01. The summed E-state index contributed by atoms with van der Waals surface area (Å²) < 4.78 is 29.5. The number of rotatable bonds is 5. The molecule has 8 heteroatoms. The molecule has 202 valence electrons. The normalized spacial score (nSPS) is 29.1. The summed E-state index contributed by atoms with van der Waals surface area (Å²) in [7, 11) is -3.19. The molecule has 7 nitrogen and oxygen atoms in total. The Labute approximate surface area is 217 Å². The molecule has 0 spiro atoms. The van der Waals surface area contributed by atoms with Crippen molar-refractivity contribution in [2.24, 2.45) is 23.2 Å². The minimum atomic E-state index is -3.19. The van der Waals surface area contributed by atoms with E-state index in [0.717, 1.165) is 51.0 Å². The van der Waals surface area contributed by atoms with Gasteiger partial charge in [0, 0.05) is 50.9 Å². The van der Waals surface area contributed by atoms with Crippen molar-refractivity contribution < 1.29 is 23.1 Å². The van der Waals surface area contributed by atoms with E-state index < -0.39 is 21.4 Å². The Balaban J connectivity index is 1.43. The van der Waals surface area contributed by atoms with Crippen molar-refractivity contribution in [3.05, 3.63) is 29.8 Å². The number of carbonyl (C=O) groups is 1. The molecule has 1 aromatic rings. The largest absolute Gasteiger partial charge is 0.391 e. The Morgan fingerprint density at radius 2 is 1.78 bits per heavy atom. The van der Waals surface area contributed by atoms with E-state index in [9.17, 15) is 18.3 Å². The number of ether oxygens (including phenoxy) is 1. The van der Waals surface area contributed by atoms with Gasteiger partial charge in [0.25, 0.3) is 0 Å². The second-order valence-corrected chi connectivity index (χ2v) is 14.1. The highest BCUT2D eigenvalue weighted by atomic mass is 32.2. The van der Waals surface area contributed by atoms with Crippen LogP contribution in [0.25, 0.3) is 0 Å². The number of piperidine rings is 1. The fourth-order valence-corrected chi connectivity index (χ4v) is 6.20. The molecule has 0 radical (unpaired) electrons. The predicted molar refractivity (Wildman–Crippen MR) is 140 cm³/mol. The average molecular weight is 521 g/mol. The van der Waals surface area contributed by atoms with Crippen LogP contribution in [0.4, 0.5) is 0 Å². The van der Waals surface area contributed by atoms with Gasteiger partial charge in [-0.2, -0.15) is 0 Å². The number of carbonyl (C=O) groups excluding carboxylic acids is 1. The molecule has 1 amide bonds. The Kier molecular flexibility index (Phi) is 8.80. The lowest BCUT2D eigenvalue weighted by atomic mass is 9.80. The molecule has 3 atom stereocenters. The quantitative estimate of drug-likeness (QED) is 0.641. The second kappa shape index (κ2) is 11.5. The van der Waals surface area contributed by atoms with Gasteiger partial charge in [0.05, 0.1) is 17.6 Å². The van der Waals surface area contributed by atoms with Crippen LogP contribution in [0.5, 0.6) is 0 Å². The van der Waals surface area contributed by atoms with Crippen molar-refractivity contribution in [3.63, 3.8) is 0 Å². The first kappa shape index (κ1) is 27.6. The Morgan fingerprint density at radius 1 is 1.06 bits per heavy atom. The SMILES string of the molecule is CC1(C)COCCC[C@H]2CN(Cc3ccc(S(C)(=O)=O)cc3)CC[C@H]2CC(=O)N(CC2CC2)C[C@@H]1O. The fraction of sp³-hybridized carbons (Fsp3) is 0.750. The number of β-amino-alcohol motifs (C(OH)–C–C–N with tert-alkyl or cyclic N) is 1. The molecule has 1 saturated carbocycles. The topological polar surface area (TPSA) is 87.2 Å². The molecular weight excluding hydrogens is 476 g/mol. The number of nitrogens with zero attached hydrogens (tertiary/aromatic N) is 2. The number of aliphatic hydroxyl groups excluding tert-OH is 1. The van der Waals surface area contributed by atoms with Gasteiger partial charge in [-0.25, -0.2) is 8.42 Å². The summed E-state index contributed by atoms with van der Waals surface area (Å²) in [5.41, 5.74) is 0.712. The molecule has 0 bridgehead atoms. The summed E-state index contributed by atoms with van der Waals surface area (Å²) in [4.78, 5) is 18.2. The van der Waals surface area contributed by atoms with E-state index in [4.69, 9.17) is 4.74 Å². The number of hydrogen-bond donors (Lipinski definition) is 1. The molecular formula is C28H44N2O5S. The molecule has 36 heavy (non-hydrogen) atoms. The first-order chi connectivity index (χ1) is 17.0. The molecule has 1 N–H and O–H groups in total. The van der Waals surface area contributed by atoms with Crippen LogP contribution < -0.4 is 0 Å². The standard InChI is InChI=1S/C28H44N2O5S/c1-28(2)20-35-14-4-5-24-18-29(16-21-8-10-25(11-9-21)36(3,33)34)13-12-23(24)15-27(32)30(19-26(28)31)17-22-6-7-22/h8-11,22-24,26,31H,4-7,12-20H2,1-3H3/t23-,24-,26-/m0/s1. The maximum atomic E-state index is 13.5. The lowest BCUT2D eigenvalue weighted by Gasteiger charge is -2.39. The maximum absolute atomic E-state index is 13.5. The van der Waals surface area contributed by atoms with Crippen molar-refractivity contribution >= 4 is 15.7 Å². The highest BCUT2D eigenvalue weighted by Gasteiger charge is 2.37. The van der Waals surface area contributed by atoms with Crippen molar-refractivity contribution in [2.75, 3.05) is 45.6 Å². The molecule has 3 fully saturated rings. The van der Waals surface area contributed by atoms with Gasteiger partial charge in [0.1, 0.15) is 0 Å². The van der Waals surface area contributed by atoms with Crippen LogP contribution in [0.15, 0.2) is 29.2 Å². The maximum Gasteiger partial charge on any atom is 0.222 e. The van der Waals surface area contributed by atoms with Gasteiger partial charge < -0.3 is 14.7 Å². The number of benzene rings is 1. The van der Waals surface area contributed by atoms with E-state index in [2.05, 4.69) is 4.90 Å². The molecule has 2 saturated heterocycles. The predicted octanol–water partition coefficient (Wildman–Crippen LogP) is 3.35. The zero-order valence-electron chi connectivity index (χ0n) is 22.2. The van der Waals surface area contributed by atoms with Crippen LogP contribution in [-0.2, 0) is 25.9 Å².